The van der Waals surface area contributed by atoms with Gasteiger partial charge < -0.3 is 10.0 Å². The van der Waals surface area contributed by atoms with E-state index >= 15 is 0 Å². The summed E-state index contributed by atoms with van der Waals surface area (Å²) in [6.45, 7) is 9.01. The first-order valence-electron chi connectivity index (χ1n) is 8.85. The van der Waals surface area contributed by atoms with Crippen LogP contribution >= 0.6 is 11.5 Å². The molecule has 0 bridgehead atoms. The Balaban J connectivity index is 1.63. The second kappa shape index (κ2) is 6.99. The van der Waals surface area contributed by atoms with Crippen molar-refractivity contribution in [2.75, 3.05) is 19.6 Å². The van der Waals surface area contributed by atoms with Crippen LogP contribution in [0.4, 0.5) is 0 Å². The fourth-order valence-corrected chi connectivity index (χ4v) is 4.96. The molecule has 3 heterocycles. The molecule has 2 saturated heterocycles. The van der Waals surface area contributed by atoms with Gasteiger partial charge in [0.15, 0.2) is 0 Å². The van der Waals surface area contributed by atoms with Gasteiger partial charge in [0.25, 0.3) is 0 Å². The fourth-order valence-electron chi connectivity index (χ4n) is 4.12. The molecule has 1 amide bonds. The maximum Gasteiger partial charge on any atom is 0.326 e. The molecule has 0 aliphatic carbocycles. The summed E-state index contributed by atoms with van der Waals surface area (Å²) in [7, 11) is 0. The summed E-state index contributed by atoms with van der Waals surface area (Å²) in [6, 6.07) is -0.665. The van der Waals surface area contributed by atoms with Crippen LogP contribution in [0.2, 0.25) is 0 Å². The molecule has 1 atom stereocenters. The van der Waals surface area contributed by atoms with E-state index in [1.54, 1.807) is 4.90 Å². The molecule has 138 valence electrons. The van der Waals surface area contributed by atoms with Gasteiger partial charge in [0.05, 0.1) is 10.6 Å². The zero-order chi connectivity index (χ0) is 18.2. The highest BCUT2D eigenvalue weighted by atomic mass is 32.1. The summed E-state index contributed by atoms with van der Waals surface area (Å²) in [4.78, 5) is 28.5. The molecule has 25 heavy (non-hydrogen) atoms. The molecule has 3 rings (SSSR count). The van der Waals surface area contributed by atoms with E-state index < -0.39 is 12.0 Å². The molecule has 1 aromatic heterocycles. The van der Waals surface area contributed by atoms with Crippen molar-refractivity contribution in [3.63, 3.8) is 0 Å². The van der Waals surface area contributed by atoms with E-state index in [4.69, 9.17) is 0 Å². The second-order valence-corrected chi connectivity index (χ2v) is 8.56. The quantitative estimate of drug-likeness (QED) is 0.876. The van der Waals surface area contributed by atoms with Gasteiger partial charge in [-0.3, -0.25) is 9.69 Å². The summed E-state index contributed by atoms with van der Waals surface area (Å²) >= 11 is 1.47. The van der Waals surface area contributed by atoms with Gasteiger partial charge in [-0.1, -0.05) is 18.3 Å². The molecule has 7 nitrogen and oxygen atoms in total. The topological polar surface area (TPSA) is 86.6 Å². The van der Waals surface area contributed by atoms with E-state index in [-0.39, 0.29) is 11.3 Å². The number of hydrogen-bond acceptors (Lipinski definition) is 6. The zero-order valence-corrected chi connectivity index (χ0v) is 15.9. The number of carbonyl (C=O) groups excluding carboxylic acids is 1. The van der Waals surface area contributed by atoms with Crippen LogP contribution in [0.25, 0.3) is 0 Å². The van der Waals surface area contributed by atoms with Crippen LogP contribution in [0.1, 0.15) is 56.5 Å². The molecule has 1 N–H and O–H groups in total. The van der Waals surface area contributed by atoms with Crippen LogP contribution in [-0.2, 0) is 16.1 Å². The Morgan fingerprint density at radius 2 is 2.04 bits per heavy atom. The van der Waals surface area contributed by atoms with Crippen molar-refractivity contribution in [3.8, 4) is 0 Å². The first kappa shape index (κ1) is 18.3. The average molecular weight is 366 g/mol. The van der Waals surface area contributed by atoms with Crippen molar-refractivity contribution < 1.29 is 14.7 Å². The summed E-state index contributed by atoms with van der Waals surface area (Å²) < 4.78 is 4.09. The first-order valence-corrected chi connectivity index (χ1v) is 9.62. The Labute approximate surface area is 152 Å². The minimum atomic E-state index is -0.883. The van der Waals surface area contributed by atoms with Crippen molar-refractivity contribution in [2.24, 2.45) is 5.41 Å². The number of aromatic nitrogens is 2. The standard InChI is InChI=1S/C17H26N4O3S/c1-11(2)15-14(25-19-18-15)9-20-6-4-17(5-7-20)8-13(16(23)24)21(10-17)12(3)22/h11,13H,4-10H2,1-3H3,(H,23,24). The molecule has 0 radical (unpaired) electrons. The third-order valence-electron chi connectivity index (χ3n) is 5.61. The first-order chi connectivity index (χ1) is 11.8. The van der Waals surface area contributed by atoms with E-state index in [0.717, 1.165) is 38.2 Å². The van der Waals surface area contributed by atoms with Crippen LogP contribution in [0, 0.1) is 5.41 Å². The van der Waals surface area contributed by atoms with Crippen molar-refractivity contribution in [2.45, 2.75) is 58.5 Å². The number of rotatable bonds is 4. The molecule has 2 aliphatic rings. The largest absolute Gasteiger partial charge is 0.480 e. The lowest BCUT2D eigenvalue weighted by Crippen LogP contribution is -2.42. The summed E-state index contributed by atoms with van der Waals surface area (Å²) in [5.74, 6) is -0.643. The molecular formula is C17H26N4O3S. The molecular weight excluding hydrogens is 340 g/mol. The zero-order valence-electron chi connectivity index (χ0n) is 15.1. The third-order valence-corrected chi connectivity index (χ3v) is 6.34. The van der Waals surface area contributed by atoms with Gasteiger partial charge in [0.2, 0.25) is 5.91 Å². The molecule has 1 unspecified atom stereocenters. The van der Waals surface area contributed by atoms with E-state index in [1.807, 2.05) is 0 Å². The number of hydrogen-bond donors (Lipinski definition) is 1. The predicted octanol–water partition coefficient (Wildman–Crippen LogP) is 1.95. The Bertz CT molecular complexity index is 628. The van der Waals surface area contributed by atoms with E-state index in [0.29, 0.717) is 18.9 Å². The van der Waals surface area contributed by atoms with Crippen molar-refractivity contribution in [3.05, 3.63) is 10.6 Å². The normalized spacial score (nSPS) is 23.5. The second-order valence-electron chi connectivity index (χ2n) is 7.72. The highest BCUT2D eigenvalue weighted by molar-refractivity contribution is 7.05. The van der Waals surface area contributed by atoms with E-state index in [1.165, 1.54) is 23.3 Å². The van der Waals surface area contributed by atoms with Crippen molar-refractivity contribution >= 4 is 23.4 Å². The van der Waals surface area contributed by atoms with Crippen LogP contribution in [0.5, 0.6) is 0 Å². The molecule has 1 aromatic rings. The lowest BCUT2D eigenvalue weighted by atomic mass is 9.76. The number of carboxylic acids is 1. The number of carboxylic acid groups (broad SMARTS) is 1. The minimum Gasteiger partial charge on any atom is -0.480 e. The maximum absolute atomic E-state index is 11.8. The Hall–Kier alpha value is -1.54. The van der Waals surface area contributed by atoms with Crippen molar-refractivity contribution in [1.29, 1.82) is 0 Å². The van der Waals surface area contributed by atoms with Crippen LogP contribution in [-0.4, -0.2) is 62.0 Å². The lowest BCUT2D eigenvalue weighted by Gasteiger charge is -2.39. The van der Waals surface area contributed by atoms with Crippen LogP contribution in [0.15, 0.2) is 0 Å². The SMILES string of the molecule is CC(=O)N1CC2(CCN(Cc3snnc3C(C)C)CC2)CC1C(=O)O. The number of carbonyl (C=O) groups is 2. The van der Waals surface area contributed by atoms with Crippen LogP contribution in [0.3, 0.4) is 0 Å². The lowest BCUT2D eigenvalue weighted by molar-refractivity contribution is -0.147. The minimum absolute atomic E-state index is 0.0436. The number of aliphatic carboxylic acids is 1. The molecule has 1 spiro atoms. The molecule has 2 aliphatic heterocycles. The van der Waals surface area contributed by atoms with Gasteiger partial charge in [0.1, 0.15) is 6.04 Å². The fraction of sp³-hybridized carbons (Fsp3) is 0.765. The van der Waals surface area contributed by atoms with Crippen molar-refractivity contribution in [1.82, 2.24) is 19.4 Å². The van der Waals surface area contributed by atoms with E-state index in [9.17, 15) is 14.7 Å². The number of amides is 1. The predicted molar refractivity (Wildman–Crippen MR) is 94.4 cm³/mol. The number of nitrogens with zero attached hydrogens (tertiary/aromatic N) is 4. The highest BCUT2D eigenvalue weighted by Crippen LogP contribution is 2.43. The highest BCUT2D eigenvalue weighted by Gasteiger charge is 2.49. The average Bonchev–Trinajstić information content (AvgIpc) is 3.15. The number of piperidine rings is 1. The Morgan fingerprint density at radius 3 is 2.56 bits per heavy atom. The maximum atomic E-state index is 11.8. The van der Waals surface area contributed by atoms with Gasteiger partial charge in [-0.2, -0.15) is 0 Å². The van der Waals surface area contributed by atoms with Gasteiger partial charge in [-0.25, -0.2) is 4.79 Å². The Kier molecular flexibility index (Phi) is 5.11. The summed E-state index contributed by atoms with van der Waals surface area (Å²) in [6.07, 6.45) is 2.45. The monoisotopic (exact) mass is 366 g/mol. The summed E-state index contributed by atoms with van der Waals surface area (Å²) in [5.41, 5.74) is 1.04. The molecule has 2 fully saturated rings. The third kappa shape index (κ3) is 3.69. The summed E-state index contributed by atoms with van der Waals surface area (Å²) in [5, 5.41) is 13.7. The van der Waals surface area contributed by atoms with Crippen LogP contribution < -0.4 is 0 Å². The van der Waals surface area contributed by atoms with Gasteiger partial charge in [0, 0.05) is 20.0 Å². The smallest absolute Gasteiger partial charge is 0.326 e. The molecule has 8 heteroatoms. The van der Waals surface area contributed by atoms with Gasteiger partial charge >= 0.3 is 5.97 Å². The molecule has 0 saturated carbocycles. The van der Waals surface area contributed by atoms with Gasteiger partial charge in [-0.05, 0) is 55.2 Å². The molecule has 0 aromatic carbocycles. The Morgan fingerprint density at radius 1 is 1.36 bits per heavy atom. The van der Waals surface area contributed by atoms with Gasteiger partial charge in [-0.15, -0.1) is 5.10 Å². The number of likely N-dealkylation sites (tertiary alicyclic amines) is 2. The van der Waals surface area contributed by atoms with E-state index in [2.05, 4.69) is 28.3 Å².